The van der Waals surface area contributed by atoms with Gasteiger partial charge in [0, 0.05) is 6.04 Å². The van der Waals surface area contributed by atoms with E-state index in [-0.39, 0.29) is 5.92 Å². The Morgan fingerprint density at radius 1 is 1.17 bits per heavy atom. The minimum absolute atomic E-state index is 0.113. The Labute approximate surface area is 72.9 Å². The van der Waals surface area contributed by atoms with Crippen LogP contribution in [0, 0.1) is 5.92 Å². The van der Waals surface area contributed by atoms with Crippen LogP contribution < -0.4 is 5.73 Å². The Morgan fingerprint density at radius 2 is 1.67 bits per heavy atom. The molecule has 0 atom stereocenters. The fraction of sp³-hybridized carbons (Fsp3) is 0.889. The monoisotopic (exact) mass is 171 g/mol. The summed E-state index contributed by atoms with van der Waals surface area (Å²) < 4.78 is 0. The molecule has 70 valence electrons. The lowest BCUT2D eigenvalue weighted by molar-refractivity contribution is -0.142. The lowest BCUT2D eigenvalue weighted by Gasteiger charge is -2.19. The third-order valence-electron chi connectivity index (χ3n) is 2.60. The van der Waals surface area contributed by atoms with Gasteiger partial charge in [-0.15, -0.1) is 0 Å². The van der Waals surface area contributed by atoms with E-state index >= 15 is 0 Å². The topological polar surface area (TPSA) is 63.3 Å². The van der Waals surface area contributed by atoms with E-state index in [2.05, 4.69) is 0 Å². The van der Waals surface area contributed by atoms with Gasteiger partial charge in [0.1, 0.15) is 0 Å². The zero-order valence-corrected chi connectivity index (χ0v) is 7.33. The number of rotatable bonds is 1. The number of carboxylic acid groups (broad SMARTS) is 1. The van der Waals surface area contributed by atoms with Crippen LogP contribution >= 0.6 is 0 Å². The first-order chi connectivity index (χ1) is 5.70. The summed E-state index contributed by atoms with van der Waals surface area (Å²) in [5.74, 6) is -0.747. The molecule has 1 aliphatic carbocycles. The van der Waals surface area contributed by atoms with E-state index in [1.54, 1.807) is 0 Å². The van der Waals surface area contributed by atoms with Crippen LogP contribution in [0.25, 0.3) is 0 Å². The molecule has 0 unspecified atom stereocenters. The van der Waals surface area contributed by atoms with Crippen molar-refractivity contribution in [3.63, 3.8) is 0 Å². The molecule has 0 saturated heterocycles. The molecule has 0 amide bonds. The van der Waals surface area contributed by atoms with E-state index in [1.807, 2.05) is 0 Å². The Hall–Kier alpha value is -0.570. The highest BCUT2D eigenvalue weighted by Gasteiger charge is 2.19. The highest BCUT2D eigenvalue weighted by Crippen LogP contribution is 2.21. The summed E-state index contributed by atoms with van der Waals surface area (Å²) in [4.78, 5) is 10.7. The highest BCUT2D eigenvalue weighted by molar-refractivity contribution is 5.69. The largest absolute Gasteiger partial charge is 0.481 e. The zero-order valence-electron chi connectivity index (χ0n) is 7.33. The van der Waals surface area contributed by atoms with Crippen molar-refractivity contribution in [1.82, 2.24) is 0 Å². The number of hydrogen-bond donors (Lipinski definition) is 2. The summed E-state index contributed by atoms with van der Waals surface area (Å²) in [6.45, 7) is 0. The second-order valence-corrected chi connectivity index (χ2v) is 3.66. The minimum atomic E-state index is -0.634. The van der Waals surface area contributed by atoms with Crippen molar-refractivity contribution >= 4 is 5.97 Å². The molecule has 0 heterocycles. The normalized spacial score (nSPS) is 32.1. The molecule has 1 rings (SSSR count). The predicted molar refractivity (Wildman–Crippen MR) is 46.8 cm³/mol. The average Bonchev–Trinajstić information content (AvgIpc) is 1.95. The molecule has 3 N–H and O–H groups in total. The summed E-state index contributed by atoms with van der Waals surface area (Å²) in [5.41, 5.74) is 5.78. The maximum atomic E-state index is 10.7. The summed E-state index contributed by atoms with van der Waals surface area (Å²) >= 11 is 0. The molecular formula is C9H17NO2. The van der Waals surface area contributed by atoms with Crippen molar-refractivity contribution in [2.24, 2.45) is 11.7 Å². The van der Waals surface area contributed by atoms with Gasteiger partial charge in [-0.1, -0.05) is 12.8 Å². The molecule has 3 nitrogen and oxygen atoms in total. The molecule has 0 aliphatic heterocycles. The van der Waals surface area contributed by atoms with Gasteiger partial charge in [-0.3, -0.25) is 4.79 Å². The van der Waals surface area contributed by atoms with Crippen LogP contribution in [-0.4, -0.2) is 17.1 Å². The van der Waals surface area contributed by atoms with Crippen molar-refractivity contribution < 1.29 is 9.90 Å². The number of nitrogens with two attached hydrogens (primary N) is 1. The van der Waals surface area contributed by atoms with Crippen molar-refractivity contribution in [1.29, 1.82) is 0 Å². The molecule has 12 heavy (non-hydrogen) atoms. The van der Waals surface area contributed by atoms with E-state index in [0.717, 1.165) is 38.5 Å². The van der Waals surface area contributed by atoms with Gasteiger partial charge in [-0.05, 0) is 25.7 Å². The van der Waals surface area contributed by atoms with Crippen LogP contribution in [-0.2, 0) is 4.79 Å². The molecule has 0 aromatic heterocycles. The summed E-state index contributed by atoms with van der Waals surface area (Å²) in [5, 5.41) is 8.79. The Kier molecular flexibility index (Phi) is 3.53. The first kappa shape index (κ1) is 9.52. The molecule has 0 spiro atoms. The van der Waals surface area contributed by atoms with E-state index in [4.69, 9.17) is 10.8 Å². The van der Waals surface area contributed by atoms with Crippen LogP contribution in [0.4, 0.5) is 0 Å². The van der Waals surface area contributed by atoms with E-state index in [0.29, 0.717) is 6.04 Å². The highest BCUT2D eigenvalue weighted by atomic mass is 16.4. The van der Waals surface area contributed by atoms with Crippen LogP contribution in [0.2, 0.25) is 0 Å². The zero-order chi connectivity index (χ0) is 8.97. The number of carboxylic acids is 1. The van der Waals surface area contributed by atoms with Gasteiger partial charge in [0.05, 0.1) is 5.92 Å². The van der Waals surface area contributed by atoms with Gasteiger partial charge in [-0.25, -0.2) is 0 Å². The van der Waals surface area contributed by atoms with Crippen molar-refractivity contribution in [2.45, 2.75) is 44.6 Å². The van der Waals surface area contributed by atoms with Crippen molar-refractivity contribution in [3.8, 4) is 0 Å². The lowest BCUT2D eigenvalue weighted by atomic mass is 9.89. The van der Waals surface area contributed by atoms with Crippen molar-refractivity contribution in [3.05, 3.63) is 0 Å². The van der Waals surface area contributed by atoms with E-state index in [1.165, 1.54) is 0 Å². The first-order valence-corrected chi connectivity index (χ1v) is 4.68. The average molecular weight is 171 g/mol. The molecule has 0 radical (unpaired) electrons. The van der Waals surface area contributed by atoms with E-state index in [9.17, 15) is 4.79 Å². The van der Waals surface area contributed by atoms with Crippen molar-refractivity contribution in [2.75, 3.05) is 0 Å². The molecule has 1 aliphatic rings. The second-order valence-electron chi connectivity index (χ2n) is 3.66. The fourth-order valence-corrected chi connectivity index (χ4v) is 1.79. The minimum Gasteiger partial charge on any atom is -0.481 e. The van der Waals surface area contributed by atoms with Crippen LogP contribution in [0.15, 0.2) is 0 Å². The Bertz CT molecular complexity index is 149. The maximum Gasteiger partial charge on any atom is 0.306 e. The standard InChI is InChI=1S/C9H17NO2/c10-8-5-1-3-7(9(11)12)4-2-6-8/h7-8H,1-6,10H2,(H,11,12). The number of carbonyl (C=O) groups is 1. The predicted octanol–water partition coefficient (Wildman–Crippen LogP) is 1.37. The van der Waals surface area contributed by atoms with Gasteiger partial charge >= 0.3 is 5.97 Å². The van der Waals surface area contributed by atoms with Crippen LogP contribution in [0.5, 0.6) is 0 Å². The van der Waals surface area contributed by atoms with Gasteiger partial charge in [0.2, 0.25) is 0 Å². The van der Waals surface area contributed by atoms with Gasteiger partial charge in [-0.2, -0.15) is 0 Å². The molecule has 1 fully saturated rings. The third kappa shape index (κ3) is 2.81. The summed E-state index contributed by atoms with van der Waals surface area (Å²) in [7, 11) is 0. The molecule has 1 saturated carbocycles. The SMILES string of the molecule is NC1CCCC(C(=O)O)CCC1. The molecule has 0 aromatic carbocycles. The molecule has 3 heteroatoms. The quantitative estimate of drug-likeness (QED) is 0.626. The van der Waals surface area contributed by atoms with Gasteiger partial charge in [0.25, 0.3) is 0 Å². The van der Waals surface area contributed by atoms with E-state index < -0.39 is 5.97 Å². The summed E-state index contributed by atoms with van der Waals surface area (Å²) in [6, 6.07) is 0.305. The number of aliphatic carboxylic acids is 1. The fourth-order valence-electron chi connectivity index (χ4n) is 1.79. The smallest absolute Gasteiger partial charge is 0.306 e. The van der Waals surface area contributed by atoms with Gasteiger partial charge < -0.3 is 10.8 Å². The lowest BCUT2D eigenvalue weighted by Crippen LogP contribution is -2.24. The van der Waals surface area contributed by atoms with Gasteiger partial charge in [0.15, 0.2) is 0 Å². The molecule has 0 aromatic rings. The third-order valence-corrected chi connectivity index (χ3v) is 2.60. The molecule has 0 bridgehead atoms. The molecular weight excluding hydrogens is 154 g/mol. The van der Waals surface area contributed by atoms with Crippen LogP contribution in [0.1, 0.15) is 38.5 Å². The second kappa shape index (κ2) is 4.45. The maximum absolute atomic E-state index is 10.7. The Balaban J connectivity index is 2.35. The number of hydrogen-bond acceptors (Lipinski definition) is 2. The summed E-state index contributed by atoms with van der Waals surface area (Å²) in [6.07, 6.45) is 5.54. The van der Waals surface area contributed by atoms with Crippen LogP contribution in [0.3, 0.4) is 0 Å². The Morgan fingerprint density at radius 3 is 2.08 bits per heavy atom. The first-order valence-electron chi connectivity index (χ1n) is 4.68.